The van der Waals surface area contributed by atoms with Gasteiger partial charge in [0.05, 0.1) is 0 Å². The van der Waals surface area contributed by atoms with Crippen LogP contribution >= 0.6 is 11.6 Å². The van der Waals surface area contributed by atoms with Crippen molar-refractivity contribution in [1.82, 2.24) is 4.98 Å². The summed E-state index contributed by atoms with van der Waals surface area (Å²) in [6.07, 6.45) is 0. The van der Waals surface area contributed by atoms with Gasteiger partial charge in [0.1, 0.15) is 5.82 Å². The van der Waals surface area contributed by atoms with Gasteiger partial charge in [-0.1, -0.05) is 29.8 Å². The van der Waals surface area contributed by atoms with Crippen LogP contribution < -0.4 is 10.6 Å². The number of aromatic amines is 1. The van der Waals surface area contributed by atoms with Crippen molar-refractivity contribution in [3.63, 3.8) is 0 Å². The van der Waals surface area contributed by atoms with E-state index in [9.17, 15) is 4.79 Å². The van der Waals surface area contributed by atoms with Crippen LogP contribution in [0.1, 0.15) is 0 Å². The predicted molar refractivity (Wildman–Crippen MR) is 82.4 cm³/mol. The first-order valence-corrected chi connectivity index (χ1v) is 6.50. The van der Waals surface area contributed by atoms with Crippen LogP contribution in [0.4, 0.5) is 16.3 Å². The van der Waals surface area contributed by atoms with E-state index in [2.05, 4.69) is 15.6 Å². The Balaban J connectivity index is 1.70. The molecule has 0 fully saturated rings. The van der Waals surface area contributed by atoms with Crippen molar-refractivity contribution in [3.8, 4) is 0 Å². The summed E-state index contributed by atoms with van der Waals surface area (Å²) in [6.45, 7) is 0. The zero-order valence-electron chi connectivity index (χ0n) is 10.5. The minimum atomic E-state index is -0.307. The van der Waals surface area contributed by atoms with Gasteiger partial charge in [-0.2, -0.15) is 0 Å². The molecule has 2 aromatic carbocycles. The molecule has 0 saturated carbocycles. The van der Waals surface area contributed by atoms with Gasteiger partial charge in [0, 0.05) is 21.6 Å². The van der Waals surface area contributed by atoms with E-state index < -0.39 is 0 Å². The summed E-state index contributed by atoms with van der Waals surface area (Å²) in [7, 11) is 0. The Morgan fingerprint density at radius 3 is 2.50 bits per heavy atom. The van der Waals surface area contributed by atoms with Crippen LogP contribution in [0.25, 0.3) is 10.9 Å². The maximum Gasteiger partial charge on any atom is 0.324 e. The molecule has 20 heavy (non-hydrogen) atoms. The lowest BCUT2D eigenvalue weighted by Crippen LogP contribution is -2.19. The Hall–Kier alpha value is -2.46. The van der Waals surface area contributed by atoms with Crippen LogP contribution in [0.3, 0.4) is 0 Å². The Kier molecular flexibility index (Phi) is 3.31. The molecular formula is C15H12ClN3O. The lowest BCUT2D eigenvalue weighted by molar-refractivity contribution is 0.262. The maximum atomic E-state index is 11.9. The number of nitrogens with one attached hydrogen (secondary N) is 3. The summed E-state index contributed by atoms with van der Waals surface area (Å²) in [4.78, 5) is 15.0. The molecule has 0 aliphatic rings. The lowest BCUT2D eigenvalue weighted by atomic mass is 10.2. The number of H-pyrrole nitrogens is 1. The predicted octanol–water partition coefficient (Wildman–Crippen LogP) is 4.47. The van der Waals surface area contributed by atoms with E-state index in [4.69, 9.17) is 11.6 Å². The van der Waals surface area contributed by atoms with E-state index in [1.54, 1.807) is 24.3 Å². The van der Waals surface area contributed by atoms with E-state index in [0.29, 0.717) is 16.5 Å². The molecule has 100 valence electrons. The third kappa shape index (κ3) is 2.75. The highest BCUT2D eigenvalue weighted by molar-refractivity contribution is 6.30. The normalized spacial score (nSPS) is 10.4. The van der Waals surface area contributed by atoms with Gasteiger partial charge >= 0.3 is 6.03 Å². The largest absolute Gasteiger partial charge is 0.341 e. The molecule has 0 radical (unpaired) electrons. The number of rotatable bonds is 2. The Morgan fingerprint density at radius 2 is 1.75 bits per heavy atom. The average Bonchev–Trinajstić information content (AvgIpc) is 2.83. The Bertz CT molecular complexity index is 716. The molecular weight excluding hydrogens is 274 g/mol. The molecule has 5 heteroatoms. The number of halogens is 1. The smallest absolute Gasteiger partial charge is 0.324 e. The monoisotopic (exact) mass is 285 g/mol. The van der Waals surface area contributed by atoms with Crippen molar-refractivity contribution >= 4 is 40.0 Å². The van der Waals surface area contributed by atoms with Crippen LogP contribution in [0, 0.1) is 0 Å². The minimum Gasteiger partial charge on any atom is -0.341 e. The zero-order chi connectivity index (χ0) is 13.9. The van der Waals surface area contributed by atoms with Gasteiger partial charge in [-0.25, -0.2) is 4.79 Å². The number of hydrogen-bond acceptors (Lipinski definition) is 1. The fourth-order valence-electron chi connectivity index (χ4n) is 1.96. The SMILES string of the molecule is O=C(Nc1ccc(Cl)cc1)Nc1cc2ccccc2[nH]1. The molecule has 2 amide bonds. The number of fused-ring (bicyclic) bond motifs is 1. The third-order valence-corrected chi connectivity index (χ3v) is 3.13. The van der Waals surface area contributed by atoms with Gasteiger partial charge in [0.2, 0.25) is 0 Å². The lowest BCUT2D eigenvalue weighted by Gasteiger charge is -2.05. The highest BCUT2D eigenvalue weighted by Crippen LogP contribution is 2.18. The number of urea groups is 1. The van der Waals surface area contributed by atoms with Crippen LogP contribution in [0.15, 0.2) is 54.6 Å². The van der Waals surface area contributed by atoms with E-state index in [0.717, 1.165) is 10.9 Å². The van der Waals surface area contributed by atoms with E-state index in [1.807, 2.05) is 30.3 Å². The van der Waals surface area contributed by atoms with E-state index >= 15 is 0 Å². The molecule has 3 rings (SSSR count). The molecule has 0 atom stereocenters. The summed E-state index contributed by atoms with van der Waals surface area (Å²) < 4.78 is 0. The Labute approximate surface area is 120 Å². The van der Waals surface area contributed by atoms with Gasteiger partial charge < -0.3 is 10.3 Å². The molecule has 3 aromatic rings. The van der Waals surface area contributed by atoms with E-state index in [1.165, 1.54) is 0 Å². The number of hydrogen-bond donors (Lipinski definition) is 3. The summed E-state index contributed by atoms with van der Waals surface area (Å²) >= 11 is 5.79. The van der Waals surface area contributed by atoms with Crippen molar-refractivity contribution in [1.29, 1.82) is 0 Å². The molecule has 4 nitrogen and oxygen atoms in total. The van der Waals surface area contributed by atoms with Crippen molar-refractivity contribution in [3.05, 3.63) is 59.6 Å². The van der Waals surface area contributed by atoms with Crippen LogP contribution in [-0.2, 0) is 0 Å². The van der Waals surface area contributed by atoms with Crippen molar-refractivity contribution < 1.29 is 4.79 Å². The first-order chi connectivity index (χ1) is 9.70. The van der Waals surface area contributed by atoms with Gasteiger partial charge in [0.15, 0.2) is 0 Å². The average molecular weight is 286 g/mol. The first kappa shape index (κ1) is 12.6. The van der Waals surface area contributed by atoms with Crippen LogP contribution in [0.5, 0.6) is 0 Å². The topological polar surface area (TPSA) is 56.9 Å². The number of carbonyl (C=O) groups excluding carboxylic acids is 1. The van der Waals surface area contributed by atoms with E-state index in [-0.39, 0.29) is 6.03 Å². The molecule has 0 aliphatic carbocycles. The molecule has 0 aliphatic heterocycles. The van der Waals surface area contributed by atoms with Gasteiger partial charge in [-0.05, 0) is 36.4 Å². The van der Waals surface area contributed by atoms with Crippen LogP contribution in [-0.4, -0.2) is 11.0 Å². The highest BCUT2D eigenvalue weighted by Gasteiger charge is 2.05. The first-order valence-electron chi connectivity index (χ1n) is 6.12. The fourth-order valence-corrected chi connectivity index (χ4v) is 2.08. The van der Waals surface area contributed by atoms with Gasteiger partial charge in [0.25, 0.3) is 0 Å². The second kappa shape index (κ2) is 5.27. The Morgan fingerprint density at radius 1 is 1.00 bits per heavy atom. The quantitative estimate of drug-likeness (QED) is 0.639. The highest BCUT2D eigenvalue weighted by atomic mass is 35.5. The molecule has 0 saturated heterocycles. The number of anilines is 2. The number of para-hydroxylation sites is 1. The van der Waals surface area contributed by atoms with Crippen molar-refractivity contribution in [2.45, 2.75) is 0 Å². The summed E-state index contributed by atoms with van der Waals surface area (Å²) in [5.41, 5.74) is 1.66. The molecule has 0 spiro atoms. The molecule has 1 heterocycles. The maximum absolute atomic E-state index is 11.9. The third-order valence-electron chi connectivity index (χ3n) is 2.88. The molecule has 0 unspecified atom stereocenters. The van der Waals surface area contributed by atoms with Crippen LogP contribution in [0.2, 0.25) is 5.02 Å². The number of benzene rings is 2. The van der Waals surface area contributed by atoms with Gasteiger partial charge in [-0.15, -0.1) is 0 Å². The second-order valence-corrected chi connectivity index (χ2v) is 4.79. The standard InChI is InChI=1S/C15H12ClN3O/c16-11-5-7-12(8-6-11)17-15(20)19-14-9-10-3-1-2-4-13(10)18-14/h1-9,18H,(H2,17,19,20). The number of amides is 2. The fraction of sp³-hybridized carbons (Fsp3) is 0. The van der Waals surface area contributed by atoms with Crippen molar-refractivity contribution in [2.24, 2.45) is 0 Å². The number of aromatic nitrogens is 1. The molecule has 1 aromatic heterocycles. The van der Waals surface area contributed by atoms with Gasteiger partial charge in [-0.3, -0.25) is 5.32 Å². The summed E-state index contributed by atoms with van der Waals surface area (Å²) in [5.74, 6) is 0.651. The summed E-state index contributed by atoms with van der Waals surface area (Å²) in [6, 6.07) is 16.3. The number of carbonyl (C=O) groups is 1. The zero-order valence-corrected chi connectivity index (χ0v) is 11.2. The molecule has 0 bridgehead atoms. The summed E-state index contributed by atoms with van der Waals surface area (Å²) in [5, 5.41) is 7.17. The minimum absolute atomic E-state index is 0.307. The van der Waals surface area contributed by atoms with Crippen molar-refractivity contribution in [2.75, 3.05) is 10.6 Å². The second-order valence-electron chi connectivity index (χ2n) is 4.36. The molecule has 3 N–H and O–H groups in total.